The van der Waals surface area contributed by atoms with Crippen molar-refractivity contribution in [3.63, 3.8) is 0 Å². The third-order valence-electron chi connectivity index (χ3n) is 3.54. The molecule has 0 fully saturated rings. The fourth-order valence-corrected chi connectivity index (χ4v) is 2.71. The van der Waals surface area contributed by atoms with Gasteiger partial charge in [-0.15, -0.1) is 0 Å². The van der Waals surface area contributed by atoms with E-state index in [0.29, 0.717) is 12.1 Å². The van der Waals surface area contributed by atoms with Gasteiger partial charge in [-0.1, -0.05) is 19.9 Å². The second-order valence-electron chi connectivity index (χ2n) is 5.81. The van der Waals surface area contributed by atoms with Crippen LogP contribution in [0, 0.1) is 5.92 Å². The van der Waals surface area contributed by atoms with Crippen LogP contribution < -0.4 is 0 Å². The molecule has 0 spiro atoms. The quantitative estimate of drug-likeness (QED) is 0.897. The van der Waals surface area contributed by atoms with Gasteiger partial charge in [0.05, 0.1) is 0 Å². The summed E-state index contributed by atoms with van der Waals surface area (Å²) in [5, 5.41) is 8.95. The largest absolute Gasteiger partial charge is 0.480 e. The summed E-state index contributed by atoms with van der Waals surface area (Å²) in [4.78, 5) is 24.8. The number of aliphatic carboxylic acids is 1. The number of aryl methyl sites for hydroxylation is 2. The number of carbonyl (C=O) groups is 2. The fraction of sp³-hybridized carbons (Fsp3) is 0.500. The molecule has 0 bridgehead atoms. The Morgan fingerprint density at radius 3 is 2.60 bits per heavy atom. The Balaban J connectivity index is 2.20. The average molecular weight is 275 g/mol. The van der Waals surface area contributed by atoms with Crippen molar-refractivity contribution in [2.75, 3.05) is 13.1 Å². The third-order valence-corrected chi connectivity index (χ3v) is 3.54. The van der Waals surface area contributed by atoms with E-state index in [1.165, 1.54) is 16.0 Å². The summed E-state index contributed by atoms with van der Waals surface area (Å²) < 4.78 is 0. The van der Waals surface area contributed by atoms with E-state index in [-0.39, 0.29) is 18.4 Å². The minimum Gasteiger partial charge on any atom is -0.480 e. The summed E-state index contributed by atoms with van der Waals surface area (Å²) >= 11 is 0. The zero-order valence-electron chi connectivity index (χ0n) is 12.1. The number of carboxylic acid groups (broad SMARTS) is 1. The van der Waals surface area contributed by atoms with Crippen LogP contribution in [0.25, 0.3) is 0 Å². The summed E-state index contributed by atoms with van der Waals surface area (Å²) in [6.45, 7) is 4.17. The van der Waals surface area contributed by atoms with Crippen LogP contribution in [-0.2, 0) is 17.6 Å². The fourth-order valence-electron chi connectivity index (χ4n) is 2.71. The van der Waals surface area contributed by atoms with Gasteiger partial charge in [0.1, 0.15) is 6.54 Å². The molecule has 1 aromatic rings. The number of carboxylic acids is 1. The van der Waals surface area contributed by atoms with Gasteiger partial charge < -0.3 is 10.0 Å². The highest BCUT2D eigenvalue weighted by molar-refractivity contribution is 5.96. The Morgan fingerprint density at radius 2 is 1.95 bits per heavy atom. The lowest BCUT2D eigenvalue weighted by molar-refractivity contribution is -0.137. The normalized spacial score (nSPS) is 13.3. The Morgan fingerprint density at radius 1 is 1.25 bits per heavy atom. The first-order valence-corrected chi connectivity index (χ1v) is 7.10. The highest BCUT2D eigenvalue weighted by atomic mass is 16.4. The topological polar surface area (TPSA) is 57.6 Å². The monoisotopic (exact) mass is 275 g/mol. The van der Waals surface area contributed by atoms with Gasteiger partial charge in [-0.25, -0.2) is 0 Å². The third kappa shape index (κ3) is 3.38. The molecule has 1 N–H and O–H groups in total. The number of benzene rings is 1. The number of fused-ring (bicyclic) bond motifs is 1. The summed E-state index contributed by atoms with van der Waals surface area (Å²) in [6, 6.07) is 5.76. The SMILES string of the molecule is CC(C)CN(CC(=O)O)C(=O)c1ccc2c(c1)CCC2. The summed E-state index contributed by atoms with van der Waals surface area (Å²) in [6.07, 6.45) is 3.23. The Hall–Kier alpha value is -1.84. The average Bonchev–Trinajstić information content (AvgIpc) is 2.83. The van der Waals surface area contributed by atoms with Crippen molar-refractivity contribution in [3.8, 4) is 0 Å². The number of hydrogen-bond donors (Lipinski definition) is 1. The molecular weight excluding hydrogens is 254 g/mol. The van der Waals surface area contributed by atoms with E-state index in [4.69, 9.17) is 5.11 Å². The van der Waals surface area contributed by atoms with Crippen LogP contribution in [0.1, 0.15) is 41.8 Å². The molecule has 1 amide bonds. The van der Waals surface area contributed by atoms with Crippen molar-refractivity contribution >= 4 is 11.9 Å². The maximum atomic E-state index is 12.5. The zero-order valence-corrected chi connectivity index (χ0v) is 12.1. The molecule has 0 radical (unpaired) electrons. The standard InChI is InChI=1S/C16H21NO3/c1-11(2)9-17(10-15(18)19)16(20)14-7-6-12-4-3-5-13(12)8-14/h6-8,11H,3-5,9-10H2,1-2H3,(H,18,19). The molecule has 0 saturated heterocycles. The van der Waals surface area contributed by atoms with E-state index in [0.717, 1.165) is 19.3 Å². The van der Waals surface area contributed by atoms with Crippen LogP contribution in [0.3, 0.4) is 0 Å². The van der Waals surface area contributed by atoms with Crippen LogP contribution >= 0.6 is 0 Å². The number of carbonyl (C=O) groups excluding carboxylic acids is 1. The highest BCUT2D eigenvalue weighted by Crippen LogP contribution is 2.23. The van der Waals surface area contributed by atoms with Crippen LogP contribution in [0.4, 0.5) is 0 Å². The molecule has 0 atom stereocenters. The maximum absolute atomic E-state index is 12.5. The number of hydrogen-bond acceptors (Lipinski definition) is 2. The summed E-state index contributed by atoms with van der Waals surface area (Å²) in [5.41, 5.74) is 3.15. The predicted molar refractivity (Wildman–Crippen MR) is 76.8 cm³/mol. The summed E-state index contributed by atoms with van der Waals surface area (Å²) in [5.74, 6) is -0.913. The van der Waals surface area contributed by atoms with E-state index in [9.17, 15) is 9.59 Å². The van der Waals surface area contributed by atoms with Gasteiger partial charge in [0, 0.05) is 12.1 Å². The van der Waals surface area contributed by atoms with Crippen LogP contribution in [0.2, 0.25) is 0 Å². The lowest BCUT2D eigenvalue weighted by atomic mass is 10.0. The second-order valence-corrected chi connectivity index (χ2v) is 5.81. The van der Waals surface area contributed by atoms with E-state index in [2.05, 4.69) is 0 Å². The molecule has 0 unspecified atom stereocenters. The van der Waals surface area contributed by atoms with Crippen molar-refractivity contribution in [2.45, 2.75) is 33.1 Å². The zero-order chi connectivity index (χ0) is 14.7. The Bertz CT molecular complexity index is 522. The van der Waals surface area contributed by atoms with Crippen LogP contribution in [0.5, 0.6) is 0 Å². The molecule has 0 aromatic heterocycles. The lowest BCUT2D eigenvalue weighted by Crippen LogP contribution is -2.38. The molecule has 4 nitrogen and oxygen atoms in total. The Labute approximate surface area is 119 Å². The van der Waals surface area contributed by atoms with E-state index >= 15 is 0 Å². The minimum atomic E-state index is -0.972. The first-order chi connectivity index (χ1) is 9.47. The molecular formula is C16H21NO3. The highest BCUT2D eigenvalue weighted by Gasteiger charge is 2.21. The molecule has 2 rings (SSSR count). The molecule has 1 aromatic carbocycles. The molecule has 108 valence electrons. The van der Waals surface area contributed by atoms with Gasteiger partial charge in [0.2, 0.25) is 0 Å². The van der Waals surface area contributed by atoms with Gasteiger partial charge in [0.25, 0.3) is 5.91 Å². The number of rotatable bonds is 5. The van der Waals surface area contributed by atoms with Gasteiger partial charge in [-0.3, -0.25) is 9.59 Å². The first-order valence-electron chi connectivity index (χ1n) is 7.10. The van der Waals surface area contributed by atoms with Crippen LogP contribution in [0.15, 0.2) is 18.2 Å². The number of nitrogens with zero attached hydrogens (tertiary/aromatic N) is 1. The molecule has 4 heteroatoms. The van der Waals surface area contributed by atoms with Gasteiger partial charge in [0.15, 0.2) is 0 Å². The Kier molecular flexibility index (Phi) is 4.42. The molecule has 1 aliphatic rings. The summed E-state index contributed by atoms with van der Waals surface area (Å²) in [7, 11) is 0. The van der Waals surface area contributed by atoms with E-state index in [1.807, 2.05) is 32.0 Å². The van der Waals surface area contributed by atoms with Gasteiger partial charge >= 0.3 is 5.97 Å². The lowest BCUT2D eigenvalue weighted by Gasteiger charge is -2.23. The van der Waals surface area contributed by atoms with Gasteiger partial charge in [-0.05, 0) is 48.4 Å². The first kappa shape index (κ1) is 14.6. The smallest absolute Gasteiger partial charge is 0.323 e. The van der Waals surface area contributed by atoms with Crippen molar-refractivity contribution in [1.82, 2.24) is 4.90 Å². The van der Waals surface area contributed by atoms with E-state index in [1.54, 1.807) is 0 Å². The van der Waals surface area contributed by atoms with Crippen molar-refractivity contribution in [2.24, 2.45) is 5.92 Å². The molecule has 20 heavy (non-hydrogen) atoms. The number of amides is 1. The van der Waals surface area contributed by atoms with Gasteiger partial charge in [-0.2, -0.15) is 0 Å². The molecule has 0 saturated carbocycles. The minimum absolute atomic E-state index is 0.184. The molecule has 1 aliphatic carbocycles. The van der Waals surface area contributed by atoms with Crippen molar-refractivity contribution < 1.29 is 14.7 Å². The second kappa shape index (κ2) is 6.07. The van der Waals surface area contributed by atoms with E-state index < -0.39 is 5.97 Å². The van der Waals surface area contributed by atoms with Crippen molar-refractivity contribution in [3.05, 3.63) is 34.9 Å². The van der Waals surface area contributed by atoms with Crippen LogP contribution in [-0.4, -0.2) is 35.0 Å². The van der Waals surface area contributed by atoms with Crippen molar-refractivity contribution in [1.29, 1.82) is 0 Å². The molecule has 0 aliphatic heterocycles. The molecule has 0 heterocycles. The predicted octanol–water partition coefficient (Wildman–Crippen LogP) is 2.36. The maximum Gasteiger partial charge on any atom is 0.323 e.